The molecule has 1 aliphatic carbocycles. The maximum atomic E-state index is 11.9. The Morgan fingerprint density at radius 1 is 1.50 bits per heavy atom. The third-order valence-electron chi connectivity index (χ3n) is 3.82. The lowest BCUT2D eigenvalue weighted by molar-refractivity contribution is -0.111. The molecule has 1 aliphatic rings. The standard InChI is InChI=1S/C13H26N2O3/c1-6-18-11-9-10(13(11,2)3)14-12(16)15(4)7-8-17-5/h10-11H,6-9H2,1-5H3,(H,14,16)/t10-,11-/m1/s1. The van der Waals surface area contributed by atoms with Crippen LogP contribution in [0.2, 0.25) is 0 Å². The predicted octanol–water partition coefficient (Wildman–Crippen LogP) is 1.48. The van der Waals surface area contributed by atoms with Crippen LogP contribution in [0, 0.1) is 5.41 Å². The van der Waals surface area contributed by atoms with Crippen molar-refractivity contribution in [1.82, 2.24) is 10.2 Å². The highest BCUT2D eigenvalue weighted by atomic mass is 16.5. The first-order valence-corrected chi connectivity index (χ1v) is 6.55. The zero-order chi connectivity index (χ0) is 13.8. The summed E-state index contributed by atoms with van der Waals surface area (Å²) in [5.74, 6) is 0. The Balaban J connectivity index is 2.38. The molecular weight excluding hydrogens is 232 g/mol. The Labute approximate surface area is 110 Å². The van der Waals surface area contributed by atoms with Crippen LogP contribution in [0.25, 0.3) is 0 Å². The highest BCUT2D eigenvalue weighted by Crippen LogP contribution is 2.42. The van der Waals surface area contributed by atoms with Gasteiger partial charge in [0, 0.05) is 38.8 Å². The van der Waals surface area contributed by atoms with E-state index in [0.29, 0.717) is 13.2 Å². The van der Waals surface area contributed by atoms with Crippen LogP contribution < -0.4 is 5.32 Å². The van der Waals surface area contributed by atoms with Crippen LogP contribution >= 0.6 is 0 Å². The van der Waals surface area contributed by atoms with Crippen molar-refractivity contribution in [2.75, 3.05) is 33.9 Å². The summed E-state index contributed by atoms with van der Waals surface area (Å²) in [5.41, 5.74) is 0.00770. The molecule has 18 heavy (non-hydrogen) atoms. The fraction of sp³-hybridized carbons (Fsp3) is 0.923. The summed E-state index contributed by atoms with van der Waals surface area (Å²) in [6.45, 7) is 8.15. The molecule has 0 saturated heterocycles. The summed E-state index contributed by atoms with van der Waals surface area (Å²) in [4.78, 5) is 13.6. The van der Waals surface area contributed by atoms with Crippen molar-refractivity contribution >= 4 is 6.03 Å². The average Bonchev–Trinajstić information content (AvgIpc) is 2.34. The van der Waals surface area contributed by atoms with Crippen molar-refractivity contribution in [2.24, 2.45) is 5.41 Å². The molecule has 0 aliphatic heterocycles. The monoisotopic (exact) mass is 258 g/mol. The van der Waals surface area contributed by atoms with Gasteiger partial charge in [0.05, 0.1) is 12.7 Å². The fourth-order valence-corrected chi connectivity index (χ4v) is 2.20. The third-order valence-corrected chi connectivity index (χ3v) is 3.82. The predicted molar refractivity (Wildman–Crippen MR) is 70.6 cm³/mol. The van der Waals surface area contributed by atoms with Crippen LogP contribution in [0.5, 0.6) is 0 Å². The van der Waals surface area contributed by atoms with Gasteiger partial charge in [0.2, 0.25) is 0 Å². The summed E-state index contributed by atoms with van der Waals surface area (Å²) in [7, 11) is 3.41. The molecule has 0 spiro atoms. The number of nitrogens with zero attached hydrogens (tertiary/aromatic N) is 1. The number of rotatable bonds is 6. The molecule has 106 valence electrons. The van der Waals surface area contributed by atoms with Gasteiger partial charge >= 0.3 is 6.03 Å². The molecule has 5 heteroatoms. The van der Waals surface area contributed by atoms with E-state index in [0.717, 1.165) is 13.0 Å². The summed E-state index contributed by atoms with van der Waals surface area (Å²) in [6, 6.07) is 0.145. The molecule has 0 unspecified atom stereocenters. The van der Waals surface area contributed by atoms with Gasteiger partial charge in [-0.2, -0.15) is 0 Å². The van der Waals surface area contributed by atoms with Crippen molar-refractivity contribution in [3.63, 3.8) is 0 Å². The molecule has 0 heterocycles. The Hall–Kier alpha value is -0.810. The van der Waals surface area contributed by atoms with Crippen LogP contribution in [0.3, 0.4) is 0 Å². The van der Waals surface area contributed by atoms with Crippen LogP contribution in [0.1, 0.15) is 27.2 Å². The van der Waals surface area contributed by atoms with Gasteiger partial charge in [-0.1, -0.05) is 13.8 Å². The second kappa shape index (κ2) is 6.38. The van der Waals surface area contributed by atoms with Gasteiger partial charge in [0.25, 0.3) is 0 Å². The molecule has 0 aromatic heterocycles. The van der Waals surface area contributed by atoms with Crippen LogP contribution in [-0.2, 0) is 9.47 Å². The van der Waals surface area contributed by atoms with E-state index in [-0.39, 0.29) is 23.6 Å². The molecule has 0 aromatic rings. The fourth-order valence-electron chi connectivity index (χ4n) is 2.20. The number of ether oxygens (including phenoxy) is 2. The number of methoxy groups -OCH3 is 1. The first kappa shape index (κ1) is 15.2. The van der Waals surface area contributed by atoms with Crippen LogP contribution in [0.4, 0.5) is 4.79 Å². The van der Waals surface area contributed by atoms with E-state index in [1.807, 2.05) is 6.92 Å². The first-order chi connectivity index (χ1) is 8.43. The van der Waals surface area contributed by atoms with Crippen molar-refractivity contribution in [2.45, 2.75) is 39.3 Å². The lowest BCUT2D eigenvalue weighted by Gasteiger charge is -2.51. The molecule has 1 saturated carbocycles. The van der Waals surface area contributed by atoms with E-state index < -0.39 is 0 Å². The highest BCUT2D eigenvalue weighted by molar-refractivity contribution is 5.74. The Bertz CT molecular complexity index is 281. The van der Waals surface area contributed by atoms with E-state index in [2.05, 4.69) is 19.2 Å². The summed E-state index contributed by atoms with van der Waals surface area (Å²) >= 11 is 0. The minimum absolute atomic E-state index is 0.00770. The zero-order valence-corrected chi connectivity index (χ0v) is 12.2. The Morgan fingerprint density at radius 3 is 2.67 bits per heavy atom. The van der Waals surface area contributed by atoms with E-state index in [4.69, 9.17) is 9.47 Å². The van der Waals surface area contributed by atoms with Crippen molar-refractivity contribution in [3.05, 3.63) is 0 Å². The maximum Gasteiger partial charge on any atom is 0.317 e. The zero-order valence-electron chi connectivity index (χ0n) is 12.2. The number of hydrogen-bond acceptors (Lipinski definition) is 3. The quantitative estimate of drug-likeness (QED) is 0.785. The Morgan fingerprint density at radius 2 is 2.17 bits per heavy atom. The van der Waals surface area contributed by atoms with E-state index in [9.17, 15) is 4.79 Å². The van der Waals surface area contributed by atoms with Crippen LogP contribution in [0.15, 0.2) is 0 Å². The second-order valence-corrected chi connectivity index (χ2v) is 5.42. The van der Waals surface area contributed by atoms with Gasteiger partial charge in [0.15, 0.2) is 0 Å². The van der Waals surface area contributed by atoms with Gasteiger partial charge in [0.1, 0.15) is 0 Å². The number of carbonyl (C=O) groups excluding carboxylic acids is 1. The number of carbonyl (C=O) groups is 1. The highest BCUT2D eigenvalue weighted by Gasteiger charge is 2.49. The molecule has 2 atom stereocenters. The minimum Gasteiger partial charge on any atom is -0.383 e. The van der Waals surface area contributed by atoms with E-state index >= 15 is 0 Å². The lowest BCUT2D eigenvalue weighted by atomic mass is 9.64. The van der Waals surface area contributed by atoms with Crippen molar-refractivity contribution < 1.29 is 14.3 Å². The van der Waals surface area contributed by atoms with Gasteiger partial charge in [-0.25, -0.2) is 4.79 Å². The number of urea groups is 1. The lowest BCUT2D eigenvalue weighted by Crippen LogP contribution is -2.63. The van der Waals surface area contributed by atoms with Crippen molar-refractivity contribution in [3.8, 4) is 0 Å². The molecule has 1 rings (SSSR count). The molecular formula is C13H26N2O3. The van der Waals surface area contributed by atoms with Gasteiger partial charge in [-0.3, -0.25) is 0 Å². The molecule has 0 bridgehead atoms. The normalized spacial score (nSPS) is 25.4. The smallest absolute Gasteiger partial charge is 0.317 e. The molecule has 0 aromatic carbocycles. The molecule has 1 N–H and O–H groups in total. The van der Waals surface area contributed by atoms with Crippen molar-refractivity contribution in [1.29, 1.82) is 0 Å². The Kier molecular flexibility index (Phi) is 5.41. The number of hydrogen-bond donors (Lipinski definition) is 1. The van der Waals surface area contributed by atoms with Gasteiger partial charge < -0.3 is 19.7 Å². The SMILES string of the molecule is CCO[C@@H]1C[C@@H](NC(=O)N(C)CCOC)C1(C)C. The summed E-state index contributed by atoms with van der Waals surface area (Å²) in [5, 5.41) is 3.06. The van der Waals surface area contributed by atoms with Crippen LogP contribution in [-0.4, -0.2) is 57.0 Å². The topological polar surface area (TPSA) is 50.8 Å². The largest absolute Gasteiger partial charge is 0.383 e. The molecule has 1 fully saturated rings. The third kappa shape index (κ3) is 3.36. The maximum absolute atomic E-state index is 11.9. The van der Waals surface area contributed by atoms with Gasteiger partial charge in [-0.05, 0) is 13.3 Å². The van der Waals surface area contributed by atoms with E-state index in [1.54, 1.807) is 19.1 Å². The summed E-state index contributed by atoms with van der Waals surface area (Å²) in [6.07, 6.45) is 1.14. The molecule has 5 nitrogen and oxygen atoms in total. The second-order valence-electron chi connectivity index (χ2n) is 5.42. The number of likely N-dealkylation sites (N-methyl/N-ethyl adjacent to an activating group) is 1. The van der Waals surface area contributed by atoms with E-state index in [1.165, 1.54) is 0 Å². The number of amides is 2. The van der Waals surface area contributed by atoms with Gasteiger partial charge in [-0.15, -0.1) is 0 Å². The molecule has 0 radical (unpaired) electrons. The average molecular weight is 258 g/mol. The first-order valence-electron chi connectivity index (χ1n) is 6.55. The number of nitrogens with one attached hydrogen (secondary N) is 1. The molecule has 2 amide bonds. The summed E-state index contributed by atoms with van der Waals surface area (Å²) < 4.78 is 10.6. The minimum atomic E-state index is -0.0416.